The summed E-state index contributed by atoms with van der Waals surface area (Å²) in [7, 11) is 0. The van der Waals surface area contributed by atoms with Gasteiger partial charge in [-0.25, -0.2) is 4.79 Å². The lowest BCUT2D eigenvalue weighted by Gasteiger charge is -2.44. The molecule has 7 nitrogen and oxygen atoms in total. The standard InChI is InChI=1S/C25H35N5O2/c31-22-10-5-13-30-24(32)28-23(27-21-8-2-1-3-9-21)25(30)11-14-29(15-12-25)18-20-7-4-6-19(16-20)17-26-22/h4,6-7,16,21H,1-3,5,8-15,17-18H2,(H,26,31)(H,27,28,32). The van der Waals surface area contributed by atoms with Crippen LogP contribution in [0.15, 0.2) is 29.3 Å². The molecule has 0 atom stereocenters. The molecule has 5 aliphatic rings. The van der Waals surface area contributed by atoms with Gasteiger partial charge in [-0.3, -0.25) is 20.0 Å². The highest BCUT2D eigenvalue weighted by Gasteiger charge is 2.52. The molecular formula is C25H35N5O2. The maximum Gasteiger partial charge on any atom is 0.323 e. The minimum absolute atomic E-state index is 0.0376. The number of benzene rings is 1. The van der Waals surface area contributed by atoms with E-state index in [1.54, 1.807) is 0 Å². The van der Waals surface area contributed by atoms with E-state index in [0.29, 0.717) is 32.0 Å². The molecule has 172 valence electrons. The molecule has 1 spiro atoms. The summed E-state index contributed by atoms with van der Waals surface area (Å²) in [5.41, 5.74) is 2.07. The summed E-state index contributed by atoms with van der Waals surface area (Å²) < 4.78 is 0. The van der Waals surface area contributed by atoms with Crippen LogP contribution in [0.5, 0.6) is 0 Å². The lowest BCUT2D eigenvalue weighted by molar-refractivity contribution is -0.121. The van der Waals surface area contributed by atoms with E-state index in [1.807, 2.05) is 4.90 Å². The molecule has 1 saturated carbocycles. The number of carbonyl (C=O) groups excluding carboxylic acids is 2. The van der Waals surface area contributed by atoms with Crippen LogP contribution in [0, 0.1) is 0 Å². The average Bonchev–Trinajstić information content (AvgIpc) is 3.04. The van der Waals surface area contributed by atoms with Crippen molar-refractivity contribution in [3.8, 4) is 0 Å². The predicted octanol–water partition coefficient (Wildman–Crippen LogP) is 3.19. The number of hydrogen-bond donors (Lipinski definition) is 2. The summed E-state index contributed by atoms with van der Waals surface area (Å²) in [5.74, 6) is 0.938. The Morgan fingerprint density at radius 1 is 0.969 bits per heavy atom. The first-order valence-electron chi connectivity index (χ1n) is 12.4. The van der Waals surface area contributed by atoms with Crippen LogP contribution >= 0.6 is 0 Å². The highest BCUT2D eigenvalue weighted by atomic mass is 16.2. The second-order valence-corrected chi connectivity index (χ2v) is 9.86. The fourth-order valence-electron chi connectivity index (χ4n) is 5.84. The van der Waals surface area contributed by atoms with E-state index < -0.39 is 0 Å². The van der Waals surface area contributed by atoms with Gasteiger partial charge in [-0.1, -0.05) is 43.5 Å². The monoisotopic (exact) mass is 437 g/mol. The number of amides is 3. The van der Waals surface area contributed by atoms with E-state index in [0.717, 1.165) is 56.7 Å². The molecule has 4 bridgehead atoms. The Morgan fingerprint density at radius 3 is 2.56 bits per heavy atom. The van der Waals surface area contributed by atoms with Crippen molar-refractivity contribution in [2.75, 3.05) is 19.6 Å². The number of hydrogen-bond acceptors (Lipinski definition) is 4. The molecule has 3 amide bonds. The number of rotatable bonds is 1. The minimum Gasteiger partial charge on any atom is -0.352 e. The van der Waals surface area contributed by atoms with Gasteiger partial charge < -0.3 is 10.2 Å². The van der Waals surface area contributed by atoms with Crippen molar-refractivity contribution in [3.05, 3.63) is 35.4 Å². The molecule has 1 aromatic carbocycles. The van der Waals surface area contributed by atoms with Crippen LogP contribution in [0.2, 0.25) is 0 Å². The van der Waals surface area contributed by atoms with Gasteiger partial charge in [-0.2, -0.15) is 0 Å². The van der Waals surface area contributed by atoms with Crippen LogP contribution in [0.25, 0.3) is 0 Å². The minimum atomic E-state index is -0.344. The van der Waals surface area contributed by atoms with Crippen LogP contribution in [-0.2, 0) is 17.9 Å². The number of urea groups is 1. The van der Waals surface area contributed by atoms with Crippen molar-refractivity contribution in [3.63, 3.8) is 0 Å². The summed E-state index contributed by atoms with van der Waals surface area (Å²) in [6.45, 7) is 3.93. The normalized spacial score (nSPS) is 30.9. The highest BCUT2D eigenvalue weighted by Crippen LogP contribution is 2.36. The van der Waals surface area contributed by atoms with Crippen LogP contribution < -0.4 is 10.6 Å². The molecule has 3 fully saturated rings. The predicted molar refractivity (Wildman–Crippen MR) is 124 cm³/mol. The Labute approximate surface area is 190 Å². The van der Waals surface area contributed by atoms with Gasteiger partial charge in [-0.15, -0.1) is 0 Å². The number of aliphatic imine (C=N–C) groups is 1. The first-order chi connectivity index (χ1) is 15.6. The molecule has 1 aliphatic carbocycles. The molecule has 7 heteroatoms. The van der Waals surface area contributed by atoms with Crippen molar-refractivity contribution < 1.29 is 9.59 Å². The number of amidine groups is 1. The zero-order valence-corrected chi connectivity index (χ0v) is 18.9. The van der Waals surface area contributed by atoms with Crippen LogP contribution in [0.4, 0.5) is 4.79 Å². The highest BCUT2D eigenvalue weighted by molar-refractivity contribution is 6.10. The van der Waals surface area contributed by atoms with Gasteiger partial charge in [0.2, 0.25) is 5.91 Å². The summed E-state index contributed by atoms with van der Waals surface area (Å²) in [4.78, 5) is 35.1. The molecule has 0 radical (unpaired) electrons. The smallest absolute Gasteiger partial charge is 0.323 e. The number of nitrogens with one attached hydrogen (secondary N) is 2. The molecule has 4 heterocycles. The van der Waals surface area contributed by atoms with Gasteiger partial charge in [0.05, 0.1) is 6.04 Å². The Bertz CT molecular complexity index is 884. The van der Waals surface area contributed by atoms with Crippen molar-refractivity contribution in [2.45, 2.75) is 82.5 Å². The van der Waals surface area contributed by atoms with Gasteiger partial charge in [-0.05, 0) is 43.2 Å². The summed E-state index contributed by atoms with van der Waals surface area (Å²) in [5, 5.41) is 6.19. The lowest BCUT2D eigenvalue weighted by atomic mass is 9.84. The molecule has 0 unspecified atom stereocenters. The second kappa shape index (κ2) is 9.22. The summed E-state index contributed by atoms with van der Waals surface area (Å²) in [6.07, 6.45) is 8.89. The Balaban J connectivity index is 1.42. The lowest BCUT2D eigenvalue weighted by Crippen LogP contribution is -2.56. The third-order valence-electron chi connectivity index (χ3n) is 7.67. The SMILES string of the molecule is O=C1CCCN2C(=O)NC(=NC3CCCCC3)C23CCN(CC3)Cc2cccc(c2)CN1. The maximum atomic E-state index is 13.1. The zero-order valence-electron chi connectivity index (χ0n) is 18.9. The summed E-state index contributed by atoms with van der Waals surface area (Å²) in [6, 6.07) is 8.81. The largest absolute Gasteiger partial charge is 0.352 e. The fourth-order valence-corrected chi connectivity index (χ4v) is 5.84. The molecule has 0 aromatic heterocycles. The average molecular weight is 438 g/mol. The molecule has 6 rings (SSSR count). The van der Waals surface area contributed by atoms with E-state index in [2.05, 4.69) is 39.8 Å². The Morgan fingerprint density at radius 2 is 1.75 bits per heavy atom. The van der Waals surface area contributed by atoms with Crippen LogP contribution in [0.1, 0.15) is 68.9 Å². The quantitative estimate of drug-likeness (QED) is 0.708. The van der Waals surface area contributed by atoms with E-state index in [1.165, 1.54) is 24.8 Å². The zero-order chi connectivity index (χ0) is 22.0. The van der Waals surface area contributed by atoms with Gasteiger partial charge in [0, 0.05) is 39.1 Å². The molecular weight excluding hydrogens is 402 g/mol. The molecule has 1 aromatic rings. The molecule has 4 aliphatic heterocycles. The molecule has 2 saturated heterocycles. The number of fused-ring (bicyclic) bond motifs is 7. The van der Waals surface area contributed by atoms with E-state index in [-0.39, 0.29) is 17.5 Å². The van der Waals surface area contributed by atoms with Crippen molar-refractivity contribution in [1.29, 1.82) is 0 Å². The maximum absolute atomic E-state index is 13.1. The van der Waals surface area contributed by atoms with E-state index in [9.17, 15) is 9.59 Å². The van der Waals surface area contributed by atoms with Crippen molar-refractivity contribution in [1.82, 2.24) is 20.4 Å². The van der Waals surface area contributed by atoms with E-state index in [4.69, 9.17) is 4.99 Å². The molecule has 32 heavy (non-hydrogen) atoms. The van der Waals surface area contributed by atoms with Gasteiger partial charge in [0.25, 0.3) is 0 Å². The first kappa shape index (κ1) is 21.4. The van der Waals surface area contributed by atoms with Gasteiger partial charge in [0.1, 0.15) is 11.4 Å². The Hall–Kier alpha value is -2.41. The third kappa shape index (κ3) is 4.40. The number of piperidine rings is 1. The van der Waals surface area contributed by atoms with Crippen molar-refractivity contribution >= 4 is 17.8 Å². The second-order valence-electron chi connectivity index (χ2n) is 9.86. The number of carbonyl (C=O) groups is 2. The first-order valence-corrected chi connectivity index (χ1v) is 12.4. The van der Waals surface area contributed by atoms with Gasteiger partial charge >= 0.3 is 6.03 Å². The fraction of sp³-hybridized carbons (Fsp3) is 0.640. The van der Waals surface area contributed by atoms with Crippen molar-refractivity contribution in [2.24, 2.45) is 4.99 Å². The van der Waals surface area contributed by atoms with E-state index >= 15 is 0 Å². The van der Waals surface area contributed by atoms with Crippen LogP contribution in [0.3, 0.4) is 0 Å². The Kier molecular flexibility index (Phi) is 6.17. The topological polar surface area (TPSA) is 77.0 Å². The van der Waals surface area contributed by atoms with Gasteiger partial charge in [0.15, 0.2) is 0 Å². The number of nitrogens with zero attached hydrogens (tertiary/aromatic N) is 3. The molecule has 2 N–H and O–H groups in total. The van der Waals surface area contributed by atoms with Crippen LogP contribution in [-0.4, -0.2) is 58.8 Å². The third-order valence-corrected chi connectivity index (χ3v) is 7.67. The summed E-state index contributed by atoms with van der Waals surface area (Å²) >= 11 is 0.